The number of rotatable bonds is 65. The van der Waals surface area contributed by atoms with Crippen LogP contribution < -0.4 is 5.32 Å². The summed E-state index contributed by atoms with van der Waals surface area (Å²) in [6.07, 6.45) is 77.1. The number of carbonyl (C=O) groups is 2. The van der Waals surface area contributed by atoms with Crippen LogP contribution in [0, 0.1) is 0 Å². The fraction of sp³-hybridized carbons (Fsp3) is 0.971. The van der Waals surface area contributed by atoms with E-state index in [1.165, 1.54) is 327 Å². The molecule has 0 aromatic heterocycles. The summed E-state index contributed by atoms with van der Waals surface area (Å²) in [5.74, 6) is -0.0160. The molecule has 0 aromatic rings. The van der Waals surface area contributed by atoms with Crippen molar-refractivity contribution in [1.82, 2.24) is 5.32 Å². The van der Waals surface area contributed by atoms with Crippen LogP contribution >= 0.6 is 0 Å². The summed E-state index contributed by atoms with van der Waals surface area (Å²) in [7, 11) is 0. The van der Waals surface area contributed by atoms with Crippen molar-refractivity contribution in [3.8, 4) is 0 Å². The number of nitrogens with one attached hydrogen (secondary N) is 1. The van der Waals surface area contributed by atoms with Crippen molar-refractivity contribution < 1.29 is 24.5 Å². The van der Waals surface area contributed by atoms with E-state index in [4.69, 9.17) is 4.74 Å². The van der Waals surface area contributed by atoms with Gasteiger partial charge < -0.3 is 20.3 Å². The van der Waals surface area contributed by atoms with Crippen molar-refractivity contribution in [2.75, 3.05) is 13.2 Å². The lowest BCUT2D eigenvalue weighted by Gasteiger charge is -2.22. The summed E-state index contributed by atoms with van der Waals surface area (Å²) in [5, 5.41) is 23.4. The second-order valence-electron chi connectivity index (χ2n) is 23.9. The predicted molar refractivity (Wildman–Crippen MR) is 324 cm³/mol. The molecule has 0 fully saturated rings. The number of esters is 1. The highest BCUT2D eigenvalue weighted by Crippen LogP contribution is 2.19. The van der Waals surface area contributed by atoms with Gasteiger partial charge in [0.2, 0.25) is 5.91 Å². The summed E-state index contributed by atoms with van der Waals surface area (Å²) >= 11 is 0. The van der Waals surface area contributed by atoms with E-state index in [1.807, 2.05) is 0 Å². The first-order chi connectivity index (χ1) is 36.5. The maximum atomic E-state index is 12.5. The number of hydrogen-bond acceptors (Lipinski definition) is 5. The van der Waals surface area contributed by atoms with Gasteiger partial charge in [-0.3, -0.25) is 9.59 Å². The fourth-order valence-electron chi connectivity index (χ4n) is 11.2. The molecule has 2 unspecified atom stereocenters. The second kappa shape index (κ2) is 64.4. The Balaban J connectivity index is 3.38. The smallest absolute Gasteiger partial charge is 0.305 e. The number of hydrogen-bond donors (Lipinski definition) is 3. The summed E-state index contributed by atoms with van der Waals surface area (Å²) in [4.78, 5) is 24.6. The third kappa shape index (κ3) is 60.1. The number of aliphatic hydroxyl groups is 2. The Kier molecular flexibility index (Phi) is 63.4. The molecule has 0 bridgehead atoms. The van der Waals surface area contributed by atoms with Crippen LogP contribution in [0.3, 0.4) is 0 Å². The van der Waals surface area contributed by atoms with Crippen molar-refractivity contribution in [2.24, 2.45) is 0 Å². The van der Waals surface area contributed by atoms with Crippen LogP contribution in [0.2, 0.25) is 0 Å². The summed E-state index contributed by atoms with van der Waals surface area (Å²) in [5.41, 5.74) is 0. The molecule has 6 heteroatoms. The highest BCUT2D eigenvalue weighted by molar-refractivity contribution is 5.76. The zero-order valence-electron chi connectivity index (χ0n) is 50.6. The average molecular weight is 1050 g/mol. The molecule has 0 radical (unpaired) electrons. The quantitative estimate of drug-likeness (QED) is 0.0417. The molecule has 2 atom stereocenters. The maximum absolute atomic E-state index is 12.5. The Morgan fingerprint density at radius 3 is 0.824 bits per heavy atom. The van der Waals surface area contributed by atoms with E-state index < -0.39 is 12.1 Å². The lowest BCUT2D eigenvalue weighted by molar-refractivity contribution is -0.143. The first-order valence-corrected chi connectivity index (χ1v) is 34.3. The molecule has 0 aliphatic heterocycles. The molecule has 74 heavy (non-hydrogen) atoms. The Morgan fingerprint density at radius 2 is 0.554 bits per heavy atom. The van der Waals surface area contributed by atoms with Crippen LogP contribution in [0.25, 0.3) is 0 Å². The van der Waals surface area contributed by atoms with Crippen molar-refractivity contribution in [2.45, 2.75) is 411 Å². The molecular weight excluding hydrogens is 911 g/mol. The van der Waals surface area contributed by atoms with E-state index in [0.717, 1.165) is 38.5 Å². The van der Waals surface area contributed by atoms with Crippen LogP contribution in [0.4, 0.5) is 0 Å². The SMILES string of the molecule is CCCCCCCCCCCCCCCCCCCCCCCCCCC(O)C(CO)NC(=O)CCCCCCCCCCCCCCCCCCCCCCCOC(=O)CCCCCCCCCCCCCC. The Bertz CT molecular complexity index is 1070. The Hall–Kier alpha value is -1.14. The zero-order valence-corrected chi connectivity index (χ0v) is 50.6. The van der Waals surface area contributed by atoms with Crippen molar-refractivity contribution in [3.63, 3.8) is 0 Å². The van der Waals surface area contributed by atoms with Crippen LogP contribution in [-0.4, -0.2) is 47.4 Å². The molecule has 6 nitrogen and oxygen atoms in total. The number of ether oxygens (including phenoxy) is 1. The molecule has 0 aromatic carbocycles. The minimum Gasteiger partial charge on any atom is -0.466 e. The van der Waals surface area contributed by atoms with Crippen LogP contribution in [0.15, 0.2) is 0 Å². The summed E-state index contributed by atoms with van der Waals surface area (Å²) in [6, 6.07) is -0.542. The normalized spacial score (nSPS) is 12.4. The van der Waals surface area contributed by atoms with Gasteiger partial charge >= 0.3 is 5.97 Å². The van der Waals surface area contributed by atoms with Crippen molar-refractivity contribution >= 4 is 11.9 Å². The molecule has 0 spiro atoms. The van der Waals surface area contributed by atoms with E-state index in [-0.39, 0.29) is 18.5 Å². The van der Waals surface area contributed by atoms with Crippen molar-refractivity contribution in [1.29, 1.82) is 0 Å². The zero-order chi connectivity index (χ0) is 53.6. The number of amides is 1. The molecule has 0 saturated carbocycles. The highest BCUT2D eigenvalue weighted by Gasteiger charge is 2.20. The first-order valence-electron chi connectivity index (χ1n) is 34.3. The molecule has 0 aliphatic rings. The van der Waals surface area contributed by atoms with Crippen LogP contribution in [0.1, 0.15) is 399 Å². The van der Waals surface area contributed by atoms with E-state index >= 15 is 0 Å². The summed E-state index contributed by atoms with van der Waals surface area (Å²) < 4.78 is 5.48. The molecule has 0 aliphatic carbocycles. The van der Waals surface area contributed by atoms with Gasteiger partial charge in [0.05, 0.1) is 25.4 Å². The maximum Gasteiger partial charge on any atom is 0.305 e. The number of unbranched alkanes of at least 4 members (excludes halogenated alkanes) is 54. The third-order valence-electron chi connectivity index (χ3n) is 16.4. The molecule has 1 amide bonds. The lowest BCUT2D eigenvalue weighted by Crippen LogP contribution is -2.45. The van der Waals surface area contributed by atoms with E-state index in [1.54, 1.807) is 0 Å². The van der Waals surface area contributed by atoms with Gasteiger partial charge in [-0.25, -0.2) is 0 Å². The van der Waals surface area contributed by atoms with Gasteiger partial charge in [-0.1, -0.05) is 361 Å². The number of aliphatic hydroxyl groups excluding tert-OH is 2. The van der Waals surface area contributed by atoms with E-state index in [2.05, 4.69) is 19.2 Å². The van der Waals surface area contributed by atoms with Crippen molar-refractivity contribution in [3.05, 3.63) is 0 Å². The van der Waals surface area contributed by atoms with Gasteiger partial charge in [-0.05, 0) is 25.7 Å². The molecule has 0 rings (SSSR count). The Labute approximate surface area is 464 Å². The largest absolute Gasteiger partial charge is 0.466 e. The first kappa shape index (κ1) is 72.9. The van der Waals surface area contributed by atoms with Crippen LogP contribution in [-0.2, 0) is 14.3 Å². The third-order valence-corrected chi connectivity index (χ3v) is 16.4. The number of carbonyl (C=O) groups excluding carboxylic acids is 2. The van der Waals surface area contributed by atoms with E-state index in [0.29, 0.717) is 25.9 Å². The lowest BCUT2D eigenvalue weighted by atomic mass is 10.0. The van der Waals surface area contributed by atoms with Gasteiger partial charge in [0.15, 0.2) is 0 Å². The predicted octanol–water partition coefficient (Wildman–Crippen LogP) is 21.8. The van der Waals surface area contributed by atoms with Gasteiger partial charge in [-0.2, -0.15) is 0 Å². The molecule has 0 heterocycles. The molecule has 3 N–H and O–H groups in total. The average Bonchev–Trinajstić information content (AvgIpc) is 3.40. The minimum absolute atomic E-state index is 0.0142. The molecule has 0 saturated heterocycles. The highest BCUT2D eigenvalue weighted by atomic mass is 16.5. The molecule has 442 valence electrons. The van der Waals surface area contributed by atoms with Gasteiger partial charge in [0.1, 0.15) is 0 Å². The van der Waals surface area contributed by atoms with Gasteiger partial charge in [0, 0.05) is 12.8 Å². The van der Waals surface area contributed by atoms with Crippen LogP contribution in [0.5, 0.6) is 0 Å². The summed E-state index contributed by atoms with van der Waals surface area (Å²) in [6.45, 7) is 4.99. The van der Waals surface area contributed by atoms with Gasteiger partial charge in [0.25, 0.3) is 0 Å². The Morgan fingerprint density at radius 1 is 0.324 bits per heavy atom. The topological polar surface area (TPSA) is 95.9 Å². The monoisotopic (exact) mass is 1050 g/mol. The fourth-order valence-corrected chi connectivity index (χ4v) is 11.2. The second-order valence-corrected chi connectivity index (χ2v) is 23.9. The van der Waals surface area contributed by atoms with E-state index in [9.17, 15) is 19.8 Å². The molecular formula is C68H135NO5. The minimum atomic E-state index is -0.665. The van der Waals surface area contributed by atoms with Gasteiger partial charge in [-0.15, -0.1) is 0 Å². The standard InChI is InChI=1S/C68H135NO5/c1-3-5-7-9-11-13-15-17-18-19-20-21-22-23-25-28-31-34-37-40-44-48-52-56-60-66(71)65(64-70)69-67(72)61-57-53-49-45-41-38-35-32-29-26-24-27-30-33-36-39-43-47-51-55-59-63-74-68(73)62-58-54-50-46-42-16-14-12-10-8-6-4-2/h65-66,70-71H,3-64H2,1-2H3,(H,69,72).